The minimum absolute atomic E-state index is 0.0488. The Labute approximate surface area is 138 Å². The van der Waals surface area contributed by atoms with Crippen LogP contribution < -0.4 is 0 Å². The highest BCUT2D eigenvalue weighted by Gasteiger charge is 2.26. The number of rotatable bonds is 4. The molecular formula is C15H20BrNO3S. The number of aliphatic hydroxyl groups is 1. The minimum Gasteiger partial charge on any atom is -0.394 e. The Kier molecular flexibility index (Phi) is 6.10. The molecule has 116 valence electrons. The second-order valence-corrected chi connectivity index (χ2v) is 7.03. The fraction of sp³-hybridized carbons (Fsp3) is 0.533. The van der Waals surface area contributed by atoms with Gasteiger partial charge in [-0.05, 0) is 37.1 Å². The van der Waals surface area contributed by atoms with Crippen LogP contribution in [-0.4, -0.2) is 54.1 Å². The van der Waals surface area contributed by atoms with Crippen molar-refractivity contribution in [1.82, 2.24) is 4.90 Å². The Morgan fingerprint density at radius 2 is 2.24 bits per heavy atom. The molecule has 0 spiro atoms. The number of morpholine rings is 1. The lowest BCUT2D eigenvalue weighted by molar-refractivity contribution is -0.138. The summed E-state index contributed by atoms with van der Waals surface area (Å²) in [5.41, 5.74) is 2.32. The van der Waals surface area contributed by atoms with Crippen LogP contribution in [0.2, 0.25) is 0 Å². The second kappa shape index (κ2) is 7.63. The monoisotopic (exact) mass is 373 g/mol. The number of halogens is 1. The standard InChI is InChI=1S/C15H20BrNO3S/c1-10-6-14(11(2)5-13(10)16)21-9-15(19)17-3-4-20-8-12(17)7-18/h5-6,12,18H,3-4,7-9H2,1-2H3. The summed E-state index contributed by atoms with van der Waals surface area (Å²) in [6, 6.07) is 3.97. The van der Waals surface area contributed by atoms with E-state index in [2.05, 4.69) is 28.1 Å². The summed E-state index contributed by atoms with van der Waals surface area (Å²) >= 11 is 5.06. The van der Waals surface area contributed by atoms with E-state index in [0.717, 1.165) is 20.5 Å². The third-order valence-corrected chi connectivity index (χ3v) is 5.56. The molecule has 0 aliphatic carbocycles. The molecule has 1 unspecified atom stereocenters. The first-order valence-electron chi connectivity index (χ1n) is 6.90. The largest absolute Gasteiger partial charge is 0.394 e. The molecule has 0 bridgehead atoms. The van der Waals surface area contributed by atoms with Crippen molar-refractivity contribution in [2.45, 2.75) is 24.8 Å². The lowest BCUT2D eigenvalue weighted by Crippen LogP contribution is -2.51. The quantitative estimate of drug-likeness (QED) is 0.823. The zero-order valence-electron chi connectivity index (χ0n) is 12.3. The van der Waals surface area contributed by atoms with E-state index < -0.39 is 0 Å². The molecule has 0 radical (unpaired) electrons. The van der Waals surface area contributed by atoms with Crippen molar-refractivity contribution >= 4 is 33.6 Å². The van der Waals surface area contributed by atoms with Gasteiger partial charge in [0.15, 0.2) is 0 Å². The minimum atomic E-state index is -0.209. The Bertz CT molecular complexity index is 524. The van der Waals surface area contributed by atoms with Gasteiger partial charge in [0.05, 0.1) is 31.6 Å². The molecule has 1 aromatic rings. The van der Waals surface area contributed by atoms with Crippen molar-refractivity contribution < 1.29 is 14.6 Å². The van der Waals surface area contributed by atoms with Gasteiger partial charge in [0.1, 0.15) is 0 Å². The van der Waals surface area contributed by atoms with Crippen molar-refractivity contribution in [3.8, 4) is 0 Å². The van der Waals surface area contributed by atoms with Gasteiger partial charge in [-0.2, -0.15) is 0 Å². The molecule has 21 heavy (non-hydrogen) atoms. The van der Waals surface area contributed by atoms with Crippen LogP contribution in [0.1, 0.15) is 11.1 Å². The molecule has 1 aromatic carbocycles. The van der Waals surface area contributed by atoms with E-state index in [1.54, 1.807) is 16.7 Å². The number of aryl methyl sites for hydroxylation is 2. The Balaban J connectivity index is 1.99. The molecular weight excluding hydrogens is 354 g/mol. The van der Waals surface area contributed by atoms with E-state index >= 15 is 0 Å². The van der Waals surface area contributed by atoms with Crippen LogP contribution in [-0.2, 0) is 9.53 Å². The third kappa shape index (κ3) is 4.22. The normalized spacial score (nSPS) is 18.9. The van der Waals surface area contributed by atoms with Gasteiger partial charge in [0, 0.05) is 15.9 Å². The Hall–Kier alpha value is -0.560. The SMILES string of the molecule is Cc1cc(SCC(=O)N2CCOCC2CO)c(C)cc1Br. The number of hydrogen-bond donors (Lipinski definition) is 1. The maximum absolute atomic E-state index is 12.3. The van der Waals surface area contributed by atoms with Crippen LogP contribution in [0.5, 0.6) is 0 Å². The van der Waals surface area contributed by atoms with Gasteiger partial charge in [-0.1, -0.05) is 15.9 Å². The zero-order valence-corrected chi connectivity index (χ0v) is 14.7. The number of carbonyl (C=O) groups is 1. The molecule has 0 aromatic heterocycles. The van der Waals surface area contributed by atoms with Gasteiger partial charge in [-0.3, -0.25) is 4.79 Å². The molecule has 6 heteroatoms. The van der Waals surface area contributed by atoms with Crippen molar-refractivity contribution in [2.24, 2.45) is 0 Å². The first-order chi connectivity index (χ1) is 10.0. The van der Waals surface area contributed by atoms with Gasteiger partial charge in [0.25, 0.3) is 0 Å². The second-order valence-electron chi connectivity index (χ2n) is 5.15. The molecule has 1 N–H and O–H groups in total. The van der Waals surface area contributed by atoms with E-state index in [1.165, 1.54) is 0 Å². The average molecular weight is 374 g/mol. The van der Waals surface area contributed by atoms with Crippen molar-refractivity contribution in [3.05, 3.63) is 27.7 Å². The fourth-order valence-electron chi connectivity index (χ4n) is 2.27. The summed E-state index contributed by atoms with van der Waals surface area (Å²) in [7, 11) is 0. The molecule has 1 fully saturated rings. The van der Waals surface area contributed by atoms with Crippen LogP contribution in [0.3, 0.4) is 0 Å². The number of aliphatic hydroxyl groups excluding tert-OH is 1. The topological polar surface area (TPSA) is 49.8 Å². The molecule has 1 atom stereocenters. The van der Waals surface area contributed by atoms with Gasteiger partial charge in [-0.25, -0.2) is 0 Å². The van der Waals surface area contributed by atoms with E-state index in [4.69, 9.17) is 4.74 Å². The highest BCUT2D eigenvalue weighted by atomic mass is 79.9. The molecule has 1 heterocycles. The molecule has 2 rings (SSSR count). The van der Waals surface area contributed by atoms with E-state index in [0.29, 0.717) is 25.5 Å². The number of nitrogens with zero attached hydrogens (tertiary/aromatic N) is 1. The smallest absolute Gasteiger partial charge is 0.233 e. The lowest BCUT2D eigenvalue weighted by Gasteiger charge is -2.34. The molecule has 1 saturated heterocycles. The van der Waals surface area contributed by atoms with Gasteiger partial charge < -0.3 is 14.7 Å². The first-order valence-corrected chi connectivity index (χ1v) is 8.68. The highest BCUT2D eigenvalue weighted by Crippen LogP contribution is 2.28. The lowest BCUT2D eigenvalue weighted by atomic mass is 10.2. The maximum Gasteiger partial charge on any atom is 0.233 e. The molecule has 0 saturated carbocycles. The van der Waals surface area contributed by atoms with E-state index in [-0.39, 0.29) is 18.6 Å². The summed E-state index contributed by atoms with van der Waals surface area (Å²) in [6.45, 7) is 5.56. The van der Waals surface area contributed by atoms with Crippen molar-refractivity contribution in [1.29, 1.82) is 0 Å². The summed E-state index contributed by atoms with van der Waals surface area (Å²) in [4.78, 5) is 15.2. The maximum atomic E-state index is 12.3. The van der Waals surface area contributed by atoms with Crippen LogP contribution in [0.25, 0.3) is 0 Å². The number of benzene rings is 1. The number of hydrogen-bond acceptors (Lipinski definition) is 4. The summed E-state index contributed by atoms with van der Waals surface area (Å²) in [5, 5.41) is 9.32. The van der Waals surface area contributed by atoms with Crippen molar-refractivity contribution in [3.63, 3.8) is 0 Å². The van der Waals surface area contributed by atoms with Crippen LogP contribution >= 0.6 is 27.7 Å². The number of carbonyl (C=O) groups excluding carboxylic acids is 1. The van der Waals surface area contributed by atoms with Crippen LogP contribution in [0, 0.1) is 13.8 Å². The first kappa shape index (κ1) is 16.8. The Morgan fingerprint density at radius 3 is 2.95 bits per heavy atom. The summed E-state index contributed by atoms with van der Waals surface area (Å²) < 4.78 is 6.39. The predicted molar refractivity (Wildman–Crippen MR) is 87.7 cm³/mol. The van der Waals surface area contributed by atoms with E-state index in [1.807, 2.05) is 13.8 Å². The van der Waals surface area contributed by atoms with Gasteiger partial charge in [-0.15, -0.1) is 11.8 Å². The van der Waals surface area contributed by atoms with Crippen LogP contribution in [0.15, 0.2) is 21.5 Å². The van der Waals surface area contributed by atoms with Crippen LogP contribution in [0.4, 0.5) is 0 Å². The zero-order chi connectivity index (χ0) is 15.4. The molecule has 1 amide bonds. The predicted octanol–water partition coefficient (Wildman–Crippen LogP) is 2.38. The van der Waals surface area contributed by atoms with Gasteiger partial charge in [0.2, 0.25) is 5.91 Å². The average Bonchev–Trinajstić information content (AvgIpc) is 2.49. The summed E-state index contributed by atoms with van der Waals surface area (Å²) in [6.07, 6.45) is 0. The number of ether oxygens (including phenoxy) is 1. The molecule has 4 nitrogen and oxygen atoms in total. The number of amides is 1. The Morgan fingerprint density at radius 1 is 1.48 bits per heavy atom. The third-order valence-electron chi connectivity index (χ3n) is 3.57. The summed E-state index contributed by atoms with van der Waals surface area (Å²) in [5.74, 6) is 0.445. The molecule has 1 aliphatic rings. The van der Waals surface area contributed by atoms with Crippen molar-refractivity contribution in [2.75, 3.05) is 32.1 Å². The fourth-order valence-corrected chi connectivity index (χ4v) is 3.72. The van der Waals surface area contributed by atoms with E-state index in [9.17, 15) is 9.90 Å². The number of thioether (sulfide) groups is 1. The highest BCUT2D eigenvalue weighted by molar-refractivity contribution is 9.10. The van der Waals surface area contributed by atoms with Gasteiger partial charge >= 0.3 is 0 Å². The molecule has 1 aliphatic heterocycles.